The number of carbonyl (C=O) groups excluding carboxylic acids is 2. The van der Waals surface area contributed by atoms with Crippen molar-refractivity contribution >= 4 is 11.7 Å². The van der Waals surface area contributed by atoms with Crippen LogP contribution in [0.2, 0.25) is 0 Å². The Kier molecular flexibility index (Phi) is 4.57. The summed E-state index contributed by atoms with van der Waals surface area (Å²) < 4.78 is 18.4. The van der Waals surface area contributed by atoms with Gasteiger partial charge in [0, 0.05) is 12.5 Å². The lowest BCUT2D eigenvalue weighted by Gasteiger charge is -2.20. The van der Waals surface area contributed by atoms with Crippen LogP contribution in [-0.4, -0.2) is 39.3 Å². The van der Waals surface area contributed by atoms with Gasteiger partial charge in [0.05, 0.1) is 18.3 Å². The van der Waals surface area contributed by atoms with Crippen LogP contribution in [0.15, 0.2) is 46.0 Å². The molecule has 132 valence electrons. The largest absolute Gasteiger partial charge is 0.503 e. The van der Waals surface area contributed by atoms with Gasteiger partial charge in [-0.25, -0.2) is 9.37 Å². The molecule has 0 fully saturated rings. The van der Waals surface area contributed by atoms with Gasteiger partial charge in [0.25, 0.3) is 5.91 Å². The zero-order valence-electron chi connectivity index (χ0n) is 14.0. The van der Waals surface area contributed by atoms with E-state index >= 15 is 0 Å². The lowest BCUT2D eigenvalue weighted by atomic mass is 9.97. The number of amides is 1. The zero-order chi connectivity index (χ0) is 18.1. The van der Waals surface area contributed by atoms with E-state index in [1.807, 2.05) is 0 Å². The molecule has 6 nitrogen and oxygen atoms in total. The normalized spacial score (nSPS) is 20.6. The topological polar surface area (TPSA) is 83.6 Å². The molecule has 1 N–H and O–H groups in total. The Morgan fingerprint density at radius 1 is 1.52 bits per heavy atom. The van der Waals surface area contributed by atoms with Gasteiger partial charge >= 0.3 is 0 Å². The number of hydrogen-bond donors (Lipinski definition) is 1. The van der Waals surface area contributed by atoms with Gasteiger partial charge in [-0.1, -0.05) is 6.08 Å². The Bertz CT molecular complexity index is 804. The number of allylic oxidation sites excluding steroid dienone is 4. The maximum atomic E-state index is 13.0. The van der Waals surface area contributed by atoms with Crippen molar-refractivity contribution in [3.05, 3.63) is 53.2 Å². The van der Waals surface area contributed by atoms with Gasteiger partial charge in [-0.05, 0) is 38.3 Å². The van der Waals surface area contributed by atoms with E-state index < -0.39 is 17.4 Å². The van der Waals surface area contributed by atoms with Crippen molar-refractivity contribution in [2.24, 2.45) is 5.92 Å². The van der Waals surface area contributed by atoms with Gasteiger partial charge < -0.3 is 14.4 Å². The fourth-order valence-electron chi connectivity index (χ4n) is 2.85. The molecular weight excluding hydrogens is 327 g/mol. The molecule has 0 saturated carbocycles. The molecule has 0 bridgehead atoms. The van der Waals surface area contributed by atoms with E-state index in [4.69, 9.17) is 4.42 Å². The molecule has 0 saturated heterocycles. The van der Waals surface area contributed by atoms with Crippen molar-refractivity contribution in [1.29, 1.82) is 0 Å². The summed E-state index contributed by atoms with van der Waals surface area (Å²) in [5.74, 6) is -1.50. The number of hydrogen-bond acceptors (Lipinski definition) is 5. The SMILES string of the molecule is CC(C)N1CC(C(=O)c2cnc(CC3C=CC(F)=CC3)o2)=C(O)C1=O. The van der Waals surface area contributed by atoms with E-state index in [0.29, 0.717) is 18.7 Å². The monoisotopic (exact) mass is 346 g/mol. The zero-order valence-corrected chi connectivity index (χ0v) is 14.0. The van der Waals surface area contributed by atoms with Gasteiger partial charge in [-0.2, -0.15) is 0 Å². The fourth-order valence-corrected chi connectivity index (χ4v) is 2.85. The van der Waals surface area contributed by atoms with E-state index in [9.17, 15) is 19.1 Å². The highest BCUT2D eigenvalue weighted by molar-refractivity contribution is 6.14. The molecule has 7 heteroatoms. The van der Waals surface area contributed by atoms with Crippen molar-refractivity contribution < 1.29 is 23.5 Å². The number of oxazole rings is 1. The van der Waals surface area contributed by atoms with Crippen LogP contribution in [0.5, 0.6) is 0 Å². The fraction of sp³-hybridized carbons (Fsp3) is 0.389. The molecule has 1 atom stereocenters. The van der Waals surface area contributed by atoms with Crippen LogP contribution in [0.4, 0.5) is 4.39 Å². The average Bonchev–Trinajstić information content (AvgIpc) is 3.15. The first-order chi connectivity index (χ1) is 11.9. The number of Topliss-reactive ketones (excluding diaryl/α,β-unsaturated/α-hetero) is 1. The second-order valence-electron chi connectivity index (χ2n) is 6.45. The molecule has 3 rings (SSSR count). The number of ketones is 1. The number of aliphatic hydroxyl groups excluding tert-OH is 1. The molecule has 1 amide bonds. The Morgan fingerprint density at radius 2 is 2.28 bits per heavy atom. The maximum absolute atomic E-state index is 13.0. The van der Waals surface area contributed by atoms with Crippen molar-refractivity contribution in [1.82, 2.24) is 9.88 Å². The molecule has 2 aliphatic rings. The molecule has 0 radical (unpaired) electrons. The highest BCUT2D eigenvalue weighted by Crippen LogP contribution is 2.25. The average molecular weight is 346 g/mol. The highest BCUT2D eigenvalue weighted by Gasteiger charge is 2.36. The summed E-state index contributed by atoms with van der Waals surface area (Å²) in [7, 11) is 0. The number of rotatable bonds is 5. The Hall–Kier alpha value is -2.70. The van der Waals surface area contributed by atoms with Crippen molar-refractivity contribution in [3.63, 3.8) is 0 Å². The van der Waals surface area contributed by atoms with Gasteiger partial charge in [0.1, 0.15) is 5.83 Å². The van der Waals surface area contributed by atoms with E-state index in [0.717, 1.165) is 0 Å². The molecule has 2 heterocycles. The molecular formula is C18H19FN2O4. The molecule has 1 aromatic heterocycles. The highest BCUT2D eigenvalue weighted by atomic mass is 19.1. The molecule has 25 heavy (non-hydrogen) atoms. The van der Waals surface area contributed by atoms with E-state index in [1.165, 1.54) is 23.2 Å². The number of carbonyl (C=O) groups is 2. The number of nitrogens with zero attached hydrogens (tertiary/aromatic N) is 2. The summed E-state index contributed by atoms with van der Waals surface area (Å²) in [6, 6.07) is -0.128. The molecule has 0 aromatic carbocycles. The van der Waals surface area contributed by atoms with Crippen LogP contribution in [0.3, 0.4) is 0 Å². The summed E-state index contributed by atoms with van der Waals surface area (Å²) in [5, 5.41) is 9.96. The lowest BCUT2D eigenvalue weighted by Crippen LogP contribution is -2.34. The Morgan fingerprint density at radius 3 is 2.88 bits per heavy atom. The second-order valence-corrected chi connectivity index (χ2v) is 6.45. The second kappa shape index (κ2) is 6.66. The first-order valence-electron chi connectivity index (χ1n) is 8.13. The Labute approximate surface area is 144 Å². The number of aromatic nitrogens is 1. The van der Waals surface area contributed by atoms with Gasteiger partial charge in [0.2, 0.25) is 5.78 Å². The smallest absolute Gasteiger partial charge is 0.289 e. The lowest BCUT2D eigenvalue weighted by molar-refractivity contribution is -0.129. The van der Waals surface area contributed by atoms with Crippen LogP contribution in [0.25, 0.3) is 0 Å². The van der Waals surface area contributed by atoms with Crippen LogP contribution in [0, 0.1) is 5.92 Å². The molecule has 1 unspecified atom stereocenters. The van der Waals surface area contributed by atoms with Crippen molar-refractivity contribution in [2.45, 2.75) is 32.7 Å². The van der Waals surface area contributed by atoms with E-state index in [1.54, 1.807) is 19.9 Å². The van der Waals surface area contributed by atoms with Gasteiger partial charge in [-0.15, -0.1) is 0 Å². The minimum Gasteiger partial charge on any atom is -0.503 e. The first kappa shape index (κ1) is 17.1. The molecule has 0 spiro atoms. The van der Waals surface area contributed by atoms with Crippen molar-refractivity contribution in [2.75, 3.05) is 6.54 Å². The maximum Gasteiger partial charge on any atom is 0.289 e. The molecule has 1 aliphatic carbocycles. The summed E-state index contributed by atoms with van der Waals surface area (Å²) in [4.78, 5) is 30.0. The van der Waals surface area contributed by atoms with Crippen LogP contribution < -0.4 is 0 Å². The minimum atomic E-state index is -0.556. The summed E-state index contributed by atoms with van der Waals surface area (Å²) in [6.07, 6.45) is 6.91. The summed E-state index contributed by atoms with van der Waals surface area (Å²) in [5.41, 5.74) is 0.0176. The van der Waals surface area contributed by atoms with Crippen LogP contribution in [0.1, 0.15) is 36.7 Å². The van der Waals surface area contributed by atoms with Gasteiger partial charge in [0.15, 0.2) is 17.4 Å². The van der Waals surface area contributed by atoms with E-state index in [-0.39, 0.29) is 35.7 Å². The standard InChI is InChI=1S/C18H19FN2O4/c1-10(2)21-9-13(17(23)18(21)24)16(22)14-8-20-15(25-14)7-11-3-5-12(19)6-4-11/h3,5-6,8,10-11,23H,4,7,9H2,1-2H3. The minimum absolute atomic E-state index is 0.0172. The third kappa shape index (κ3) is 3.40. The van der Waals surface area contributed by atoms with Crippen molar-refractivity contribution in [3.8, 4) is 0 Å². The Balaban J connectivity index is 1.71. The molecule has 1 aliphatic heterocycles. The third-order valence-electron chi connectivity index (χ3n) is 4.33. The summed E-state index contributed by atoms with van der Waals surface area (Å²) in [6.45, 7) is 3.66. The number of aliphatic hydroxyl groups is 1. The van der Waals surface area contributed by atoms with Crippen LogP contribution >= 0.6 is 0 Å². The number of halogens is 1. The third-order valence-corrected chi connectivity index (χ3v) is 4.33. The van der Waals surface area contributed by atoms with E-state index in [2.05, 4.69) is 4.98 Å². The predicted molar refractivity (Wildman–Crippen MR) is 87.5 cm³/mol. The van der Waals surface area contributed by atoms with Crippen LogP contribution in [-0.2, 0) is 11.2 Å². The summed E-state index contributed by atoms with van der Waals surface area (Å²) >= 11 is 0. The first-order valence-corrected chi connectivity index (χ1v) is 8.13. The van der Waals surface area contributed by atoms with Gasteiger partial charge in [-0.3, -0.25) is 9.59 Å². The molecule has 1 aromatic rings. The predicted octanol–water partition coefficient (Wildman–Crippen LogP) is 2.89. The quantitative estimate of drug-likeness (QED) is 0.829.